The van der Waals surface area contributed by atoms with Crippen LogP contribution >= 0.6 is 11.3 Å². The first-order valence-electron chi connectivity index (χ1n) is 7.63. The number of hydrogen-bond donors (Lipinski definition) is 1. The summed E-state index contributed by atoms with van der Waals surface area (Å²) < 4.78 is 0. The van der Waals surface area contributed by atoms with Gasteiger partial charge in [-0.15, -0.1) is 11.3 Å². The molecule has 2 heteroatoms. The van der Waals surface area contributed by atoms with Crippen molar-refractivity contribution in [2.24, 2.45) is 11.8 Å². The van der Waals surface area contributed by atoms with Gasteiger partial charge in [-0.25, -0.2) is 0 Å². The fourth-order valence-electron chi connectivity index (χ4n) is 3.19. The summed E-state index contributed by atoms with van der Waals surface area (Å²) in [6.07, 6.45) is 4.02. The predicted octanol–water partition coefficient (Wildman–Crippen LogP) is 5.65. The molecule has 1 aliphatic carbocycles. The number of hydrogen-bond acceptors (Lipinski definition) is 2. The third kappa shape index (κ3) is 2.90. The molecule has 1 nitrogen and oxygen atoms in total. The van der Waals surface area contributed by atoms with Crippen molar-refractivity contribution in [3.8, 4) is 10.4 Å². The summed E-state index contributed by atoms with van der Waals surface area (Å²) in [5.74, 6) is 1.61. The van der Waals surface area contributed by atoms with Gasteiger partial charge in [-0.1, -0.05) is 44.5 Å². The summed E-state index contributed by atoms with van der Waals surface area (Å²) in [6.45, 7) is 4.77. The maximum atomic E-state index is 3.82. The molecule has 20 heavy (non-hydrogen) atoms. The Balaban J connectivity index is 1.84. The molecule has 1 saturated carbocycles. The van der Waals surface area contributed by atoms with Crippen LogP contribution in [0.2, 0.25) is 0 Å². The van der Waals surface area contributed by atoms with Crippen LogP contribution in [0.5, 0.6) is 0 Å². The quantitative estimate of drug-likeness (QED) is 0.768. The molecule has 3 atom stereocenters. The van der Waals surface area contributed by atoms with E-state index in [9.17, 15) is 0 Å². The van der Waals surface area contributed by atoms with Gasteiger partial charge in [-0.2, -0.15) is 0 Å². The molecule has 0 spiro atoms. The van der Waals surface area contributed by atoms with Crippen LogP contribution in [0.15, 0.2) is 41.8 Å². The van der Waals surface area contributed by atoms with Crippen LogP contribution < -0.4 is 5.32 Å². The SMILES string of the molecule is CC1CCC(C)C(Nc2ccccc2-c2cccs2)C1. The zero-order valence-corrected chi connectivity index (χ0v) is 13.1. The molecular weight excluding hydrogens is 262 g/mol. The van der Waals surface area contributed by atoms with Gasteiger partial charge in [0, 0.05) is 22.2 Å². The van der Waals surface area contributed by atoms with E-state index < -0.39 is 0 Å². The van der Waals surface area contributed by atoms with Crippen molar-refractivity contribution in [3.63, 3.8) is 0 Å². The smallest absolute Gasteiger partial charge is 0.0430 e. The van der Waals surface area contributed by atoms with Gasteiger partial charge in [-0.05, 0) is 42.2 Å². The highest BCUT2D eigenvalue weighted by atomic mass is 32.1. The monoisotopic (exact) mass is 285 g/mol. The van der Waals surface area contributed by atoms with E-state index in [1.54, 1.807) is 0 Å². The van der Waals surface area contributed by atoms with Crippen LogP contribution in [0.25, 0.3) is 10.4 Å². The first kappa shape index (κ1) is 13.7. The normalized spacial score (nSPS) is 26.4. The van der Waals surface area contributed by atoms with E-state index in [2.05, 4.69) is 60.9 Å². The summed E-state index contributed by atoms with van der Waals surface area (Å²) in [5, 5.41) is 5.97. The molecule has 106 valence electrons. The molecule has 1 N–H and O–H groups in total. The minimum absolute atomic E-state index is 0.611. The minimum atomic E-state index is 0.611. The Labute approximate surface area is 126 Å². The van der Waals surface area contributed by atoms with E-state index in [-0.39, 0.29) is 0 Å². The summed E-state index contributed by atoms with van der Waals surface area (Å²) in [5.41, 5.74) is 2.63. The standard InChI is InChI=1S/C18H23NS/c1-13-9-10-14(2)17(12-13)19-16-7-4-3-6-15(16)18-8-5-11-20-18/h3-8,11,13-14,17,19H,9-10,12H2,1-2H3. The highest BCUT2D eigenvalue weighted by Gasteiger charge is 2.25. The summed E-state index contributed by atoms with van der Waals surface area (Å²) in [7, 11) is 0. The lowest BCUT2D eigenvalue weighted by Gasteiger charge is -2.34. The van der Waals surface area contributed by atoms with Gasteiger partial charge in [0.1, 0.15) is 0 Å². The van der Waals surface area contributed by atoms with Crippen molar-refractivity contribution in [1.82, 2.24) is 0 Å². The van der Waals surface area contributed by atoms with Gasteiger partial charge in [-0.3, -0.25) is 0 Å². The molecule has 0 saturated heterocycles. The molecule has 0 amide bonds. The number of para-hydroxylation sites is 1. The second-order valence-electron chi connectivity index (χ2n) is 6.17. The molecule has 1 aromatic heterocycles. The minimum Gasteiger partial charge on any atom is -0.382 e. The van der Waals surface area contributed by atoms with Crippen molar-refractivity contribution >= 4 is 17.0 Å². The maximum absolute atomic E-state index is 3.82. The predicted molar refractivity (Wildman–Crippen MR) is 89.3 cm³/mol. The molecule has 0 bridgehead atoms. The summed E-state index contributed by atoms with van der Waals surface area (Å²) in [4.78, 5) is 1.35. The second-order valence-corrected chi connectivity index (χ2v) is 7.12. The van der Waals surface area contributed by atoms with Crippen molar-refractivity contribution in [1.29, 1.82) is 0 Å². The average molecular weight is 285 g/mol. The zero-order valence-electron chi connectivity index (χ0n) is 12.3. The number of thiophene rings is 1. The van der Waals surface area contributed by atoms with Crippen LogP contribution in [0.1, 0.15) is 33.1 Å². The first-order chi connectivity index (χ1) is 9.74. The third-order valence-electron chi connectivity index (χ3n) is 4.51. The van der Waals surface area contributed by atoms with E-state index in [0.29, 0.717) is 6.04 Å². The average Bonchev–Trinajstić information content (AvgIpc) is 2.97. The van der Waals surface area contributed by atoms with Crippen LogP contribution in [0, 0.1) is 11.8 Å². The number of benzene rings is 1. The molecule has 2 aromatic rings. The number of rotatable bonds is 3. The Bertz CT molecular complexity index is 546. The van der Waals surface area contributed by atoms with Gasteiger partial charge in [0.05, 0.1) is 0 Å². The van der Waals surface area contributed by atoms with Gasteiger partial charge < -0.3 is 5.32 Å². The Morgan fingerprint density at radius 2 is 1.90 bits per heavy atom. The molecule has 1 aromatic carbocycles. The Morgan fingerprint density at radius 1 is 1.05 bits per heavy atom. The Morgan fingerprint density at radius 3 is 2.70 bits per heavy atom. The Hall–Kier alpha value is -1.28. The van der Waals surface area contributed by atoms with E-state index in [0.717, 1.165) is 11.8 Å². The number of nitrogens with one attached hydrogen (secondary N) is 1. The lowest BCUT2D eigenvalue weighted by molar-refractivity contribution is 0.281. The van der Waals surface area contributed by atoms with Gasteiger partial charge >= 0.3 is 0 Å². The lowest BCUT2D eigenvalue weighted by atomic mass is 9.80. The fourth-order valence-corrected chi connectivity index (χ4v) is 3.95. The maximum Gasteiger partial charge on any atom is 0.0430 e. The molecule has 1 heterocycles. The van der Waals surface area contributed by atoms with Crippen molar-refractivity contribution in [2.75, 3.05) is 5.32 Å². The van der Waals surface area contributed by atoms with Gasteiger partial charge in [0.25, 0.3) is 0 Å². The van der Waals surface area contributed by atoms with Gasteiger partial charge in [0.15, 0.2) is 0 Å². The molecule has 3 unspecified atom stereocenters. The van der Waals surface area contributed by atoms with E-state index >= 15 is 0 Å². The lowest BCUT2D eigenvalue weighted by Crippen LogP contribution is -2.33. The number of anilines is 1. The topological polar surface area (TPSA) is 12.0 Å². The third-order valence-corrected chi connectivity index (χ3v) is 5.42. The van der Waals surface area contributed by atoms with E-state index in [1.165, 1.54) is 35.4 Å². The molecule has 0 radical (unpaired) electrons. The molecule has 3 rings (SSSR count). The fraction of sp³-hybridized carbons (Fsp3) is 0.444. The second kappa shape index (κ2) is 6.01. The molecule has 1 fully saturated rings. The largest absolute Gasteiger partial charge is 0.382 e. The summed E-state index contributed by atoms with van der Waals surface area (Å²) in [6, 6.07) is 13.7. The highest BCUT2D eigenvalue weighted by Crippen LogP contribution is 2.35. The molecule has 0 aliphatic heterocycles. The first-order valence-corrected chi connectivity index (χ1v) is 8.51. The zero-order chi connectivity index (χ0) is 13.9. The highest BCUT2D eigenvalue weighted by molar-refractivity contribution is 7.13. The van der Waals surface area contributed by atoms with Crippen LogP contribution in [-0.2, 0) is 0 Å². The van der Waals surface area contributed by atoms with Gasteiger partial charge in [0.2, 0.25) is 0 Å². The Kier molecular flexibility index (Phi) is 4.11. The van der Waals surface area contributed by atoms with Crippen molar-refractivity contribution < 1.29 is 0 Å². The van der Waals surface area contributed by atoms with Crippen molar-refractivity contribution in [2.45, 2.75) is 39.2 Å². The molecule has 1 aliphatic rings. The van der Waals surface area contributed by atoms with E-state index in [4.69, 9.17) is 0 Å². The summed E-state index contributed by atoms with van der Waals surface area (Å²) >= 11 is 1.81. The van der Waals surface area contributed by atoms with Crippen LogP contribution in [-0.4, -0.2) is 6.04 Å². The van der Waals surface area contributed by atoms with Crippen LogP contribution in [0.4, 0.5) is 5.69 Å². The van der Waals surface area contributed by atoms with E-state index in [1.807, 2.05) is 11.3 Å². The van der Waals surface area contributed by atoms with Crippen molar-refractivity contribution in [3.05, 3.63) is 41.8 Å². The molecular formula is C18H23NS. The van der Waals surface area contributed by atoms with Crippen LogP contribution in [0.3, 0.4) is 0 Å².